The van der Waals surface area contributed by atoms with Crippen molar-refractivity contribution in [1.82, 2.24) is 19.3 Å². The number of anilines is 1. The first-order valence-corrected chi connectivity index (χ1v) is 9.22. The first kappa shape index (κ1) is 17.5. The van der Waals surface area contributed by atoms with E-state index in [1.54, 1.807) is 0 Å². The molecule has 0 aliphatic heterocycles. The molecule has 130 valence electrons. The van der Waals surface area contributed by atoms with Gasteiger partial charge in [-0.2, -0.15) is 4.37 Å². The van der Waals surface area contributed by atoms with Gasteiger partial charge in [-0.25, -0.2) is 4.98 Å². The van der Waals surface area contributed by atoms with E-state index in [-0.39, 0.29) is 0 Å². The smallest absolute Gasteiger partial charge is 0.205 e. The van der Waals surface area contributed by atoms with Crippen LogP contribution in [0.25, 0.3) is 0 Å². The van der Waals surface area contributed by atoms with Gasteiger partial charge in [-0.3, -0.25) is 9.97 Å². The van der Waals surface area contributed by atoms with Gasteiger partial charge in [-0.05, 0) is 38.1 Å². The molecule has 0 aliphatic rings. The zero-order chi connectivity index (χ0) is 17.8. The molecule has 3 heterocycles. The normalized spacial score (nSPS) is 11.1. The van der Waals surface area contributed by atoms with Crippen LogP contribution in [0.4, 0.5) is 5.13 Å². The number of aryl methyl sites for hydroxylation is 2. The van der Waals surface area contributed by atoms with Crippen molar-refractivity contribution in [3.05, 3.63) is 65.0 Å². The molecule has 0 atom stereocenters. The van der Waals surface area contributed by atoms with E-state index in [0.29, 0.717) is 19.0 Å². The van der Waals surface area contributed by atoms with Crippen LogP contribution in [0.15, 0.2) is 36.4 Å². The monoisotopic (exact) mass is 353 g/mol. The van der Waals surface area contributed by atoms with E-state index in [1.807, 2.05) is 50.2 Å². The molecule has 0 amide bonds. The lowest BCUT2D eigenvalue weighted by Crippen LogP contribution is -2.23. The average molecular weight is 353 g/mol. The lowest BCUT2D eigenvalue weighted by Gasteiger charge is -2.21. The van der Waals surface area contributed by atoms with Crippen LogP contribution in [0.1, 0.15) is 48.4 Å². The molecule has 0 aliphatic carbocycles. The van der Waals surface area contributed by atoms with Crippen LogP contribution in [-0.2, 0) is 13.1 Å². The maximum atomic E-state index is 4.73. The molecule has 3 aromatic heterocycles. The van der Waals surface area contributed by atoms with Gasteiger partial charge >= 0.3 is 0 Å². The number of nitrogens with zero attached hydrogens (tertiary/aromatic N) is 5. The number of hydrogen-bond acceptors (Lipinski definition) is 6. The predicted molar refractivity (Wildman–Crippen MR) is 102 cm³/mol. The largest absolute Gasteiger partial charge is 0.335 e. The molecule has 0 bridgehead atoms. The Kier molecular flexibility index (Phi) is 5.38. The van der Waals surface area contributed by atoms with Crippen LogP contribution >= 0.6 is 11.5 Å². The number of aromatic nitrogens is 4. The van der Waals surface area contributed by atoms with Crippen molar-refractivity contribution in [2.45, 2.75) is 46.7 Å². The van der Waals surface area contributed by atoms with Crippen LogP contribution in [0.2, 0.25) is 0 Å². The first-order valence-electron chi connectivity index (χ1n) is 8.45. The van der Waals surface area contributed by atoms with Gasteiger partial charge in [0, 0.05) is 28.8 Å². The molecular formula is C19H23N5S. The number of pyridine rings is 2. The quantitative estimate of drug-likeness (QED) is 0.662. The van der Waals surface area contributed by atoms with Gasteiger partial charge in [0.15, 0.2) is 0 Å². The highest BCUT2D eigenvalue weighted by molar-refractivity contribution is 7.09. The van der Waals surface area contributed by atoms with E-state index in [9.17, 15) is 0 Å². The Labute approximate surface area is 153 Å². The van der Waals surface area contributed by atoms with Crippen LogP contribution in [-0.4, -0.2) is 19.3 Å². The summed E-state index contributed by atoms with van der Waals surface area (Å²) in [6.45, 7) is 9.62. The molecule has 0 fully saturated rings. The minimum absolute atomic E-state index is 0.320. The van der Waals surface area contributed by atoms with Gasteiger partial charge in [0.1, 0.15) is 5.82 Å². The standard InChI is InChI=1S/C19H23N5S/c1-13(2)18-22-19(25-23-18)24(11-16-9-5-7-14(3)20-16)12-17-10-6-8-15(4)21-17/h5-10,13H,11-12H2,1-4H3. The Hall–Kier alpha value is -2.34. The van der Waals surface area contributed by atoms with Crippen LogP contribution in [0.3, 0.4) is 0 Å². The lowest BCUT2D eigenvalue weighted by molar-refractivity contribution is 0.743. The Balaban J connectivity index is 1.89. The van der Waals surface area contributed by atoms with Crippen molar-refractivity contribution in [3.8, 4) is 0 Å². The summed E-state index contributed by atoms with van der Waals surface area (Å²) in [5.41, 5.74) is 4.08. The molecule has 0 aromatic carbocycles. The topological polar surface area (TPSA) is 54.8 Å². The molecule has 0 radical (unpaired) electrons. The highest BCUT2D eigenvalue weighted by Crippen LogP contribution is 2.24. The second kappa shape index (κ2) is 7.70. The average Bonchev–Trinajstić information content (AvgIpc) is 3.04. The number of rotatable bonds is 6. The van der Waals surface area contributed by atoms with E-state index in [2.05, 4.69) is 33.1 Å². The van der Waals surface area contributed by atoms with Crippen molar-refractivity contribution in [2.24, 2.45) is 0 Å². The van der Waals surface area contributed by atoms with Crippen molar-refractivity contribution >= 4 is 16.7 Å². The molecule has 5 nitrogen and oxygen atoms in total. The van der Waals surface area contributed by atoms with Gasteiger partial charge in [0.25, 0.3) is 0 Å². The van der Waals surface area contributed by atoms with Gasteiger partial charge in [0.05, 0.1) is 24.5 Å². The SMILES string of the molecule is Cc1cccc(CN(Cc2cccc(C)n2)c2nc(C(C)C)ns2)n1. The van der Waals surface area contributed by atoms with Crippen molar-refractivity contribution in [2.75, 3.05) is 4.90 Å². The molecule has 3 rings (SSSR count). The Morgan fingerprint density at radius 3 is 1.88 bits per heavy atom. The molecule has 6 heteroatoms. The van der Waals surface area contributed by atoms with Gasteiger partial charge < -0.3 is 4.90 Å². The maximum absolute atomic E-state index is 4.73. The summed E-state index contributed by atoms with van der Waals surface area (Å²) in [6.07, 6.45) is 0. The molecular weight excluding hydrogens is 330 g/mol. The van der Waals surface area contributed by atoms with Crippen LogP contribution in [0, 0.1) is 13.8 Å². The van der Waals surface area contributed by atoms with E-state index < -0.39 is 0 Å². The van der Waals surface area contributed by atoms with Gasteiger partial charge in [-0.1, -0.05) is 26.0 Å². The fourth-order valence-electron chi connectivity index (χ4n) is 2.55. The summed E-state index contributed by atoms with van der Waals surface area (Å²) >= 11 is 1.44. The lowest BCUT2D eigenvalue weighted by atomic mass is 10.2. The van der Waals surface area contributed by atoms with Crippen molar-refractivity contribution < 1.29 is 0 Å². The van der Waals surface area contributed by atoms with E-state index in [4.69, 9.17) is 4.98 Å². The Morgan fingerprint density at radius 1 is 0.880 bits per heavy atom. The fraction of sp³-hybridized carbons (Fsp3) is 0.368. The molecule has 0 saturated heterocycles. The highest BCUT2D eigenvalue weighted by atomic mass is 32.1. The highest BCUT2D eigenvalue weighted by Gasteiger charge is 2.16. The maximum Gasteiger partial charge on any atom is 0.205 e. The molecule has 0 spiro atoms. The second-order valence-corrected chi connectivity index (χ2v) is 7.22. The molecule has 0 N–H and O–H groups in total. The van der Waals surface area contributed by atoms with Crippen LogP contribution in [0.5, 0.6) is 0 Å². The third-order valence-corrected chi connectivity index (χ3v) is 4.61. The summed E-state index contributed by atoms with van der Waals surface area (Å²) in [7, 11) is 0. The molecule has 3 aromatic rings. The zero-order valence-electron chi connectivity index (χ0n) is 15.1. The van der Waals surface area contributed by atoms with Crippen LogP contribution < -0.4 is 4.90 Å². The van der Waals surface area contributed by atoms with Crippen molar-refractivity contribution in [3.63, 3.8) is 0 Å². The second-order valence-electron chi connectivity index (χ2n) is 6.49. The summed E-state index contributed by atoms with van der Waals surface area (Å²) in [5, 5.41) is 0.912. The van der Waals surface area contributed by atoms with Gasteiger partial charge in [-0.15, -0.1) is 0 Å². The summed E-state index contributed by atoms with van der Waals surface area (Å²) < 4.78 is 4.50. The molecule has 0 saturated carbocycles. The van der Waals surface area contributed by atoms with Crippen molar-refractivity contribution in [1.29, 1.82) is 0 Å². The number of hydrogen-bond donors (Lipinski definition) is 0. The summed E-state index contributed by atoms with van der Waals surface area (Å²) in [4.78, 5) is 16.2. The Bertz CT molecular complexity index is 796. The minimum atomic E-state index is 0.320. The summed E-state index contributed by atoms with van der Waals surface area (Å²) in [5.74, 6) is 1.21. The first-order chi connectivity index (χ1) is 12.0. The minimum Gasteiger partial charge on any atom is -0.335 e. The summed E-state index contributed by atoms with van der Waals surface area (Å²) in [6, 6.07) is 12.2. The molecule has 25 heavy (non-hydrogen) atoms. The van der Waals surface area contributed by atoms with Gasteiger partial charge in [0.2, 0.25) is 5.13 Å². The zero-order valence-corrected chi connectivity index (χ0v) is 15.9. The Morgan fingerprint density at radius 2 is 1.44 bits per heavy atom. The van der Waals surface area contributed by atoms with E-state index in [1.165, 1.54) is 11.5 Å². The molecule has 0 unspecified atom stereocenters. The van der Waals surface area contributed by atoms with E-state index >= 15 is 0 Å². The third kappa shape index (κ3) is 4.60. The van der Waals surface area contributed by atoms with E-state index in [0.717, 1.165) is 33.7 Å². The fourth-order valence-corrected chi connectivity index (χ4v) is 3.35. The predicted octanol–water partition coefficient (Wildman–Crippen LogP) is 4.28. The third-order valence-electron chi connectivity index (χ3n) is 3.82.